The molecule has 1 aromatic heterocycles. The van der Waals surface area contributed by atoms with Crippen LogP contribution in [0.15, 0.2) is 42.7 Å². The number of carbonyl (C=O) groups is 1. The van der Waals surface area contributed by atoms with Gasteiger partial charge in [-0.25, -0.2) is 0 Å². The van der Waals surface area contributed by atoms with Crippen molar-refractivity contribution < 1.29 is 4.79 Å². The summed E-state index contributed by atoms with van der Waals surface area (Å²) in [7, 11) is 1.91. The minimum Gasteiger partial charge on any atom is -0.369 e. The van der Waals surface area contributed by atoms with Crippen molar-refractivity contribution in [2.75, 3.05) is 25.0 Å². The summed E-state index contributed by atoms with van der Waals surface area (Å²) in [5.41, 5.74) is 1.77. The van der Waals surface area contributed by atoms with E-state index >= 15 is 0 Å². The molecule has 1 saturated heterocycles. The van der Waals surface area contributed by atoms with Gasteiger partial charge in [-0.15, -0.1) is 0 Å². The van der Waals surface area contributed by atoms with E-state index in [0.717, 1.165) is 25.9 Å². The highest BCUT2D eigenvalue weighted by Gasteiger charge is 2.28. The summed E-state index contributed by atoms with van der Waals surface area (Å²) in [5.74, 6) is 0.0513. The number of aromatic nitrogens is 2. The van der Waals surface area contributed by atoms with E-state index in [1.54, 1.807) is 6.20 Å². The Balaban J connectivity index is 1.70. The number of hydrogen-bond acceptors (Lipinski definition) is 3. The number of para-hydroxylation sites is 1. The van der Waals surface area contributed by atoms with E-state index in [-0.39, 0.29) is 17.5 Å². The molecule has 0 radical (unpaired) electrons. The number of rotatable bonds is 3. The maximum Gasteiger partial charge on any atom is 0.257 e. The molecule has 25 heavy (non-hydrogen) atoms. The Kier molecular flexibility index (Phi) is 4.84. The lowest BCUT2D eigenvalue weighted by Crippen LogP contribution is -2.48. The Labute approximate surface area is 150 Å². The Morgan fingerprint density at radius 3 is 2.60 bits per heavy atom. The first-order chi connectivity index (χ1) is 11.9. The number of nitrogens with zero attached hydrogens (tertiary/aromatic N) is 4. The Morgan fingerprint density at radius 1 is 1.24 bits per heavy atom. The van der Waals surface area contributed by atoms with Gasteiger partial charge in [-0.1, -0.05) is 18.2 Å². The highest BCUT2D eigenvalue weighted by Crippen LogP contribution is 2.23. The molecule has 2 aromatic rings. The van der Waals surface area contributed by atoms with E-state index in [2.05, 4.69) is 55.0 Å². The van der Waals surface area contributed by atoms with Crippen LogP contribution < -0.4 is 4.90 Å². The van der Waals surface area contributed by atoms with Crippen molar-refractivity contribution in [1.82, 2.24) is 14.7 Å². The number of piperidine rings is 1. The zero-order valence-electron chi connectivity index (χ0n) is 15.6. The molecule has 3 rings (SSSR count). The molecule has 1 aliphatic rings. The number of likely N-dealkylation sites (N-methyl/N-ethyl adjacent to an activating group) is 1. The van der Waals surface area contributed by atoms with Crippen LogP contribution in [0.3, 0.4) is 0 Å². The number of amides is 1. The number of anilines is 1. The lowest BCUT2D eigenvalue weighted by atomic mass is 10.0. The molecule has 5 nitrogen and oxygen atoms in total. The maximum absolute atomic E-state index is 12.9. The normalized spacial score (nSPS) is 18.2. The van der Waals surface area contributed by atoms with E-state index in [9.17, 15) is 4.79 Å². The van der Waals surface area contributed by atoms with E-state index < -0.39 is 0 Å². The lowest BCUT2D eigenvalue weighted by Gasteiger charge is -2.38. The van der Waals surface area contributed by atoms with Crippen LogP contribution in [0.2, 0.25) is 0 Å². The molecule has 134 valence electrons. The number of carbonyl (C=O) groups excluding carboxylic acids is 1. The molecule has 2 heterocycles. The second-order valence-electron chi connectivity index (χ2n) is 7.84. The molecule has 0 spiro atoms. The van der Waals surface area contributed by atoms with Crippen LogP contribution in [0.4, 0.5) is 5.69 Å². The minimum atomic E-state index is -0.119. The molecule has 1 fully saturated rings. The van der Waals surface area contributed by atoms with Crippen LogP contribution in [-0.2, 0) is 5.54 Å². The summed E-state index contributed by atoms with van der Waals surface area (Å²) < 4.78 is 1.85. The van der Waals surface area contributed by atoms with Gasteiger partial charge in [0.1, 0.15) is 0 Å². The van der Waals surface area contributed by atoms with Crippen LogP contribution in [0.5, 0.6) is 0 Å². The van der Waals surface area contributed by atoms with Crippen molar-refractivity contribution in [3.63, 3.8) is 0 Å². The monoisotopic (exact) mass is 340 g/mol. The molecule has 5 heteroatoms. The topological polar surface area (TPSA) is 41.4 Å². The van der Waals surface area contributed by atoms with Gasteiger partial charge < -0.3 is 9.80 Å². The third kappa shape index (κ3) is 3.86. The van der Waals surface area contributed by atoms with Crippen molar-refractivity contribution >= 4 is 11.6 Å². The average molecular weight is 340 g/mol. The molecule has 1 aromatic carbocycles. The first kappa shape index (κ1) is 17.5. The summed E-state index contributed by atoms with van der Waals surface area (Å²) in [6.07, 6.45) is 5.68. The summed E-state index contributed by atoms with van der Waals surface area (Å²) in [5, 5.41) is 4.36. The Hall–Kier alpha value is -2.30. The van der Waals surface area contributed by atoms with E-state index in [1.807, 2.05) is 28.9 Å². The quantitative estimate of drug-likeness (QED) is 0.860. The van der Waals surface area contributed by atoms with E-state index in [0.29, 0.717) is 5.56 Å². The second kappa shape index (κ2) is 6.90. The SMILES string of the molecule is CN(C(=O)c1cnn(C(C)(C)C)c1)C1CCCN(c2ccccc2)C1. The first-order valence-electron chi connectivity index (χ1n) is 8.98. The Morgan fingerprint density at radius 2 is 1.96 bits per heavy atom. The van der Waals surface area contributed by atoms with Gasteiger partial charge in [0.2, 0.25) is 0 Å². The molecule has 1 amide bonds. The summed E-state index contributed by atoms with van der Waals surface area (Å²) >= 11 is 0. The molecular formula is C20H28N4O. The molecular weight excluding hydrogens is 312 g/mol. The largest absolute Gasteiger partial charge is 0.369 e. The maximum atomic E-state index is 12.9. The number of benzene rings is 1. The van der Waals surface area contributed by atoms with Crippen LogP contribution in [0.25, 0.3) is 0 Å². The van der Waals surface area contributed by atoms with Crippen LogP contribution >= 0.6 is 0 Å². The van der Waals surface area contributed by atoms with Gasteiger partial charge >= 0.3 is 0 Å². The van der Waals surface area contributed by atoms with Gasteiger partial charge in [0.05, 0.1) is 17.3 Å². The third-order valence-corrected chi connectivity index (χ3v) is 4.90. The van der Waals surface area contributed by atoms with Crippen molar-refractivity contribution in [2.45, 2.75) is 45.2 Å². The predicted octanol–water partition coefficient (Wildman–Crippen LogP) is 3.38. The second-order valence-corrected chi connectivity index (χ2v) is 7.84. The predicted molar refractivity (Wildman–Crippen MR) is 101 cm³/mol. The standard InChI is InChI=1S/C20H28N4O/c1-20(2,3)24-14-16(13-21-24)19(25)22(4)18-11-8-12-23(15-18)17-9-6-5-7-10-17/h5-7,9-10,13-14,18H,8,11-12,15H2,1-4H3. The smallest absolute Gasteiger partial charge is 0.257 e. The average Bonchev–Trinajstić information content (AvgIpc) is 3.12. The van der Waals surface area contributed by atoms with Gasteiger partial charge in [0, 0.05) is 38.1 Å². The zero-order valence-corrected chi connectivity index (χ0v) is 15.6. The highest BCUT2D eigenvalue weighted by molar-refractivity contribution is 5.93. The van der Waals surface area contributed by atoms with Gasteiger partial charge in [-0.05, 0) is 45.7 Å². The fourth-order valence-corrected chi connectivity index (χ4v) is 3.31. The van der Waals surface area contributed by atoms with E-state index in [1.165, 1.54) is 5.69 Å². The minimum absolute atomic E-state index is 0.0513. The highest BCUT2D eigenvalue weighted by atomic mass is 16.2. The Bertz CT molecular complexity index is 717. The molecule has 0 bridgehead atoms. The van der Waals surface area contributed by atoms with Gasteiger partial charge in [0.15, 0.2) is 0 Å². The fourth-order valence-electron chi connectivity index (χ4n) is 3.31. The fraction of sp³-hybridized carbons (Fsp3) is 0.500. The molecule has 0 N–H and O–H groups in total. The summed E-state index contributed by atoms with van der Waals surface area (Å²) in [6, 6.07) is 10.7. The summed E-state index contributed by atoms with van der Waals surface area (Å²) in [6.45, 7) is 8.16. The molecule has 0 saturated carbocycles. The molecule has 1 atom stereocenters. The van der Waals surface area contributed by atoms with Crippen LogP contribution in [-0.4, -0.2) is 46.8 Å². The van der Waals surface area contributed by atoms with Crippen molar-refractivity contribution in [2.24, 2.45) is 0 Å². The summed E-state index contributed by atoms with van der Waals surface area (Å²) in [4.78, 5) is 17.1. The van der Waals surface area contributed by atoms with Crippen LogP contribution in [0.1, 0.15) is 44.0 Å². The van der Waals surface area contributed by atoms with E-state index in [4.69, 9.17) is 0 Å². The van der Waals surface area contributed by atoms with Crippen molar-refractivity contribution in [1.29, 1.82) is 0 Å². The third-order valence-electron chi connectivity index (χ3n) is 4.90. The first-order valence-corrected chi connectivity index (χ1v) is 8.98. The zero-order chi connectivity index (χ0) is 18.0. The molecule has 0 aliphatic carbocycles. The van der Waals surface area contributed by atoms with Crippen molar-refractivity contribution in [3.05, 3.63) is 48.3 Å². The van der Waals surface area contributed by atoms with Gasteiger partial charge in [0.25, 0.3) is 5.91 Å². The number of hydrogen-bond donors (Lipinski definition) is 0. The van der Waals surface area contributed by atoms with Gasteiger partial charge in [-0.2, -0.15) is 5.10 Å². The molecule has 1 unspecified atom stereocenters. The lowest BCUT2D eigenvalue weighted by molar-refractivity contribution is 0.0717. The van der Waals surface area contributed by atoms with Crippen LogP contribution in [0, 0.1) is 0 Å². The van der Waals surface area contributed by atoms with Crippen molar-refractivity contribution in [3.8, 4) is 0 Å². The van der Waals surface area contributed by atoms with Gasteiger partial charge in [-0.3, -0.25) is 9.48 Å². The molecule has 1 aliphatic heterocycles.